The molecule has 4 nitrogen and oxygen atoms in total. The monoisotopic (exact) mass is 638 g/mol. The summed E-state index contributed by atoms with van der Waals surface area (Å²) < 4.78 is 0. The van der Waals surface area contributed by atoms with Gasteiger partial charge in [0.1, 0.15) is 0 Å². The summed E-state index contributed by atoms with van der Waals surface area (Å²) in [7, 11) is 0. The van der Waals surface area contributed by atoms with Crippen molar-refractivity contribution in [3.63, 3.8) is 0 Å². The molecule has 0 amide bonds. The van der Waals surface area contributed by atoms with E-state index in [-0.39, 0.29) is 0 Å². The van der Waals surface area contributed by atoms with Gasteiger partial charge in [-0.15, -0.1) is 0 Å². The van der Waals surface area contributed by atoms with Gasteiger partial charge >= 0.3 is 0 Å². The van der Waals surface area contributed by atoms with E-state index in [9.17, 15) is 0 Å². The Morgan fingerprint density at radius 3 is 1.50 bits per heavy atom. The third-order valence-electron chi connectivity index (χ3n) is 9.20. The van der Waals surface area contributed by atoms with Crippen LogP contribution in [0.5, 0.6) is 0 Å². The van der Waals surface area contributed by atoms with E-state index in [1.54, 1.807) is 12.4 Å². The van der Waals surface area contributed by atoms with Crippen molar-refractivity contribution in [3.8, 4) is 67.4 Å². The molecule has 234 valence electrons. The van der Waals surface area contributed by atoms with Gasteiger partial charge in [0.05, 0.1) is 34.0 Å². The minimum atomic E-state index is 0.815. The second-order valence-electron chi connectivity index (χ2n) is 12.3. The molecular formula is C46H30N4. The van der Waals surface area contributed by atoms with E-state index in [1.807, 2.05) is 42.5 Å². The summed E-state index contributed by atoms with van der Waals surface area (Å²) in [6.07, 6.45) is 3.59. The summed E-state index contributed by atoms with van der Waals surface area (Å²) in [6.45, 7) is 0. The number of hydrogen-bond donors (Lipinski definition) is 0. The summed E-state index contributed by atoms with van der Waals surface area (Å²) >= 11 is 0. The molecule has 0 bridgehead atoms. The molecule has 4 aromatic heterocycles. The minimum absolute atomic E-state index is 0.815. The Labute approximate surface area is 290 Å². The summed E-state index contributed by atoms with van der Waals surface area (Å²) in [5.41, 5.74) is 13.2. The predicted molar refractivity (Wildman–Crippen MR) is 205 cm³/mol. The highest BCUT2D eigenvalue weighted by atomic mass is 14.8. The topological polar surface area (TPSA) is 51.6 Å². The molecule has 0 N–H and O–H groups in total. The van der Waals surface area contributed by atoms with Gasteiger partial charge in [0, 0.05) is 23.3 Å². The Bertz CT molecular complexity index is 2540. The molecule has 4 heteroatoms. The lowest BCUT2D eigenvalue weighted by Crippen LogP contribution is -1.94. The molecule has 5 aromatic carbocycles. The number of hydrogen-bond acceptors (Lipinski definition) is 4. The Hall–Kier alpha value is -6.78. The molecule has 0 radical (unpaired) electrons. The fraction of sp³-hybridized carbons (Fsp3) is 0. The number of rotatable bonds is 6. The van der Waals surface area contributed by atoms with Gasteiger partial charge in [-0.3, -0.25) is 9.97 Å². The Morgan fingerprint density at radius 1 is 0.320 bits per heavy atom. The average Bonchev–Trinajstić information content (AvgIpc) is 3.21. The number of benzene rings is 5. The van der Waals surface area contributed by atoms with Crippen LogP contribution >= 0.6 is 0 Å². The van der Waals surface area contributed by atoms with Crippen molar-refractivity contribution in [3.05, 3.63) is 182 Å². The zero-order valence-corrected chi connectivity index (χ0v) is 27.1. The summed E-state index contributed by atoms with van der Waals surface area (Å²) in [6, 6.07) is 59.1. The van der Waals surface area contributed by atoms with Crippen molar-refractivity contribution in [1.29, 1.82) is 0 Å². The number of fused-ring (bicyclic) bond motifs is 3. The van der Waals surface area contributed by atoms with Gasteiger partial charge in [0.25, 0.3) is 0 Å². The average molecular weight is 639 g/mol. The molecule has 0 saturated heterocycles. The van der Waals surface area contributed by atoms with E-state index < -0.39 is 0 Å². The molecule has 0 atom stereocenters. The summed E-state index contributed by atoms with van der Waals surface area (Å²) in [5.74, 6) is 0. The van der Waals surface area contributed by atoms with Crippen LogP contribution in [-0.2, 0) is 0 Å². The maximum absolute atomic E-state index is 5.11. The maximum Gasteiger partial charge on any atom is 0.0900 e. The lowest BCUT2D eigenvalue weighted by atomic mass is 9.93. The highest BCUT2D eigenvalue weighted by molar-refractivity contribution is 6.13. The van der Waals surface area contributed by atoms with Crippen LogP contribution in [0.2, 0.25) is 0 Å². The van der Waals surface area contributed by atoms with Gasteiger partial charge in [-0.1, -0.05) is 121 Å². The Morgan fingerprint density at radius 2 is 0.880 bits per heavy atom. The molecule has 0 aliphatic heterocycles. The second-order valence-corrected chi connectivity index (χ2v) is 12.3. The zero-order valence-electron chi connectivity index (χ0n) is 27.1. The first-order chi connectivity index (χ1) is 24.8. The van der Waals surface area contributed by atoms with E-state index in [0.717, 1.165) is 67.4 Å². The Kier molecular flexibility index (Phi) is 7.45. The maximum atomic E-state index is 5.11. The van der Waals surface area contributed by atoms with Crippen LogP contribution in [0.15, 0.2) is 182 Å². The van der Waals surface area contributed by atoms with Crippen LogP contribution in [0, 0.1) is 0 Å². The number of nitrogens with zero attached hydrogens (tertiary/aromatic N) is 4. The van der Waals surface area contributed by atoms with E-state index in [1.165, 1.54) is 21.7 Å². The Balaban J connectivity index is 1.09. The summed E-state index contributed by atoms with van der Waals surface area (Å²) in [5, 5.41) is 3.59. The van der Waals surface area contributed by atoms with Crippen LogP contribution in [-0.4, -0.2) is 19.9 Å². The van der Waals surface area contributed by atoms with E-state index in [4.69, 9.17) is 9.97 Å². The van der Waals surface area contributed by atoms with Gasteiger partial charge in [0.2, 0.25) is 0 Å². The highest BCUT2D eigenvalue weighted by Gasteiger charge is 2.14. The van der Waals surface area contributed by atoms with Gasteiger partial charge < -0.3 is 0 Å². The van der Waals surface area contributed by atoms with Gasteiger partial charge in [0.15, 0.2) is 0 Å². The van der Waals surface area contributed by atoms with Gasteiger partial charge in [-0.2, -0.15) is 0 Å². The largest absolute Gasteiger partial charge is 0.255 e. The normalized spacial score (nSPS) is 11.2. The molecular weight excluding hydrogens is 609 g/mol. The van der Waals surface area contributed by atoms with Crippen molar-refractivity contribution in [2.45, 2.75) is 0 Å². The fourth-order valence-electron chi connectivity index (χ4n) is 6.68. The first-order valence-corrected chi connectivity index (χ1v) is 16.7. The lowest BCUT2D eigenvalue weighted by Gasteiger charge is -2.14. The van der Waals surface area contributed by atoms with E-state index >= 15 is 0 Å². The van der Waals surface area contributed by atoms with E-state index in [2.05, 4.69) is 137 Å². The molecule has 0 aliphatic carbocycles. The first kappa shape index (κ1) is 29.4. The van der Waals surface area contributed by atoms with Crippen LogP contribution in [0.25, 0.3) is 89.1 Å². The fourth-order valence-corrected chi connectivity index (χ4v) is 6.68. The molecule has 9 rings (SSSR count). The van der Waals surface area contributed by atoms with Crippen LogP contribution in [0.1, 0.15) is 0 Å². The van der Waals surface area contributed by atoms with Crippen LogP contribution < -0.4 is 0 Å². The summed E-state index contributed by atoms with van der Waals surface area (Å²) in [4.78, 5) is 19.2. The molecule has 0 unspecified atom stereocenters. The molecule has 0 aliphatic rings. The second kappa shape index (κ2) is 12.7. The first-order valence-electron chi connectivity index (χ1n) is 16.7. The molecule has 4 heterocycles. The van der Waals surface area contributed by atoms with Gasteiger partial charge in [-0.05, 0) is 92.7 Å². The minimum Gasteiger partial charge on any atom is -0.255 e. The molecule has 0 spiro atoms. The van der Waals surface area contributed by atoms with Crippen molar-refractivity contribution >= 4 is 21.7 Å². The van der Waals surface area contributed by atoms with Crippen molar-refractivity contribution in [2.24, 2.45) is 0 Å². The SMILES string of the molecule is c1ccc(-c2cc(-c3ccc(-c4ccc(-c5cc(-c6ccccn6)nc(-c6ccccn6)c5)cc4)cc3)c3c(ccc4ccccc43)n2)cc1. The van der Waals surface area contributed by atoms with E-state index in [0.29, 0.717) is 0 Å². The molecule has 50 heavy (non-hydrogen) atoms. The van der Waals surface area contributed by atoms with Crippen LogP contribution in [0.4, 0.5) is 0 Å². The number of pyridine rings is 4. The third-order valence-corrected chi connectivity index (χ3v) is 9.20. The van der Waals surface area contributed by atoms with Crippen LogP contribution in [0.3, 0.4) is 0 Å². The predicted octanol–water partition coefficient (Wildman–Crippen LogP) is 11.6. The molecule has 0 fully saturated rings. The van der Waals surface area contributed by atoms with Crippen molar-refractivity contribution in [2.75, 3.05) is 0 Å². The van der Waals surface area contributed by atoms with Crippen molar-refractivity contribution < 1.29 is 0 Å². The smallest absolute Gasteiger partial charge is 0.0900 e. The van der Waals surface area contributed by atoms with Gasteiger partial charge in [-0.25, -0.2) is 9.97 Å². The lowest BCUT2D eigenvalue weighted by molar-refractivity contribution is 1.22. The quantitative estimate of drug-likeness (QED) is 0.170. The highest BCUT2D eigenvalue weighted by Crippen LogP contribution is 2.38. The molecule has 0 saturated carbocycles. The standard InChI is InChI=1S/C46H30N4/c1-2-11-36(12-3-1)43-30-39(46-38-13-5-4-10-34(38)24-25-42(46)49-43)35-22-20-32(21-23-35)31-16-18-33(19-17-31)37-28-44(40-14-6-8-26-47-40)50-45(29-37)41-15-7-9-27-48-41/h1-30H. The van der Waals surface area contributed by atoms with Crippen molar-refractivity contribution in [1.82, 2.24) is 19.9 Å². The zero-order chi connectivity index (χ0) is 33.3. The molecule has 9 aromatic rings. The number of aromatic nitrogens is 4. The third kappa shape index (κ3) is 5.59.